The van der Waals surface area contributed by atoms with Crippen LogP contribution in [-0.4, -0.2) is 17.3 Å². The fourth-order valence-electron chi connectivity index (χ4n) is 7.05. The molecule has 4 aliphatic rings. The number of carbonyl (C=O) groups excluding carboxylic acids is 3. The number of fused-ring (bicyclic) bond motifs is 5. The van der Waals surface area contributed by atoms with Crippen LogP contribution in [0, 0.1) is 34.5 Å². The van der Waals surface area contributed by atoms with Crippen molar-refractivity contribution in [2.45, 2.75) is 65.7 Å². The number of hydrogen-bond acceptors (Lipinski definition) is 3. The summed E-state index contributed by atoms with van der Waals surface area (Å²) in [6, 6.07) is 0. The molecule has 130 valence electrons. The monoisotopic (exact) mass is 328 g/mol. The number of carbonyl (C=O) groups is 3. The molecule has 0 N–H and O–H groups in total. The first-order valence-electron chi connectivity index (χ1n) is 9.54. The standard InChI is InChI=1S/C21H28O3/c1-12(22)16-6-7-17-15-5-4-13-10-14(23)8-9-20(13,2)19(15)18(24)11-21(16,17)3/h10,15-17,19H,4-9,11H2,1-3H3. The highest BCUT2D eigenvalue weighted by atomic mass is 16.1. The van der Waals surface area contributed by atoms with Gasteiger partial charge in [-0.3, -0.25) is 14.4 Å². The predicted molar refractivity (Wildman–Crippen MR) is 91.3 cm³/mol. The van der Waals surface area contributed by atoms with Crippen LogP contribution in [0.15, 0.2) is 11.6 Å². The van der Waals surface area contributed by atoms with E-state index in [-0.39, 0.29) is 34.2 Å². The summed E-state index contributed by atoms with van der Waals surface area (Å²) in [6.45, 7) is 6.12. The summed E-state index contributed by atoms with van der Waals surface area (Å²) in [5.74, 6) is 1.86. The van der Waals surface area contributed by atoms with Crippen LogP contribution in [-0.2, 0) is 14.4 Å². The summed E-state index contributed by atoms with van der Waals surface area (Å²) < 4.78 is 0. The molecule has 0 aromatic rings. The van der Waals surface area contributed by atoms with Crippen molar-refractivity contribution in [3.05, 3.63) is 11.6 Å². The Morgan fingerprint density at radius 1 is 1.12 bits per heavy atom. The van der Waals surface area contributed by atoms with Gasteiger partial charge in [0.05, 0.1) is 0 Å². The first-order chi connectivity index (χ1) is 11.3. The van der Waals surface area contributed by atoms with Crippen LogP contribution in [0.3, 0.4) is 0 Å². The van der Waals surface area contributed by atoms with Gasteiger partial charge in [-0.1, -0.05) is 19.4 Å². The molecule has 0 radical (unpaired) electrons. The second-order valence-corrected chi connectivity index (χ2v) is 9.23. The van der Waals surface area contributed by atoms with E-state index in [9.17, 15) is 14.4 Å². The molecule has 3 saturated carbocycles. The molecule has 0 saturated heterocycles. The fourth-order valence-corrected chi connectivity index (χ4v) is 7.05. The van der Waals surface area contributed by atoms with E-state index in [1.165, 1.54) is 5.57 Å². The lowest BCUT2D eigenvalue weighted by molar-refractivity contribution is -0.148. The van der Waals surface area contributed by atoms with Crippen LogP contribution in [0.4, 0.5) is 0 Å². The van der Waals surface area contributed by atoms with Gasteiger partial charge >= 0.3 is 0 Å². The van der Waals surface area contributed by atoms with Crippen molar-refractivity contribution >= 4 is 17.3 Å². The second kappa shape index (κ2) is 5.12. The molecule has 6 atom stereocenters. The molecular weight excluding hydrogens is 300 g/mol. The van der Waals surface area contributed by atoms with Crippen LogP contribution < -0.4 is 0 Å². The average molecular weight is 328 g/mol. The summed E-state index contributed by atoms with van der Waals surface area (Å²) in [6.07, 6.45) is 7.80. The van der Waals surface area contributed by atoms with Crippen molar-refractivity contribution in [2.24, 2.45) is 34.5 Å². The topological polar surface area (TPSA) is 51.2 Å². The first-order valence-corrected chi connectivity index (χ1v) is 9.54. The Morgan fingerprint density at radius 3 is 2.58 bits per heavy atom. The van der Waals surface area contributed by atoms with Crippen molar-refractivity contribution < 1.29 is 14.4 Å². The van der Waals surface area contributed by atoms with Gasteiger partial charge in [0.1, 0.15) is 11.6 Å². The van der Waals surface area contributed by atoms with Crippen molar-refractivity contribution in [1.29, 1.82) is 0 Å². The molecule has 0 heterocycles. The normalized spacial score (nSPS) is 47.5. The van der Waals surface area contributed by atoms with Crippen LogP contribution in [0.2, 0.25) is 0 Å². The molecule has 0 amide bonds. The van der Waals surface area contributed by atoms with E-state index in [1.54, 1.807) is 6.92 Å². The first kappa shape index (κ1) is 16.2. The van der Waals surface area contributed by atoms with Crippen LogP contribution in [0.5, 0.6) is 0 Å². The lowest BCUT2D eigenvalue weighted by atomic mass is 9.46. The zero-order chi connectivity index (χ0) is 17.3. The predicted octanol–water partition coefficient (Wildman–Crippen LogP) is 3.90. The molecular formula is C21H28O3. The van der Waals surface area contributed by atoms with Gasteiger partial charge in [-0.15, -0.1) is 0 Å². The third-order valence-corrected chi connectivity index (χ3v) is 8.14. The highest BCUT2D eigenvalue weighted by molar-refractivity contribution is 5.93. The lowest BCUT2D eigenvalue weighted by Crippen LogP contribution is -2.55. The van der Waals surface area contributed by atoms with Gasteiger partial charge in [-0.05, 0) is 67.8 Å². The molecule has 3 heteroatoms. The Labute approximate surface area is 144 Å². The maximum atomic E-state index is 13.3. The summed E-state index contributed by atoms with van der Waals surface area (Å²) in [5.41, 5.74) is 0.966. The van der Waals surface area contributed by atoms with Crippen LogP contribution in [0.1, 0.15) is 65.7 Å². The van der Waals surface area contributed by atoms with Crippen LogP contribution >= 0.6 is 0 Å². The van der Waals surface area contributed by atoms with Gasteiger partial charge in [-0.25, -0.2) is 0 Å². The molecule has 0 bridgehead atoms. The number of hydrogen-bond donors (Lipinski definition) is 0. The Bertz CT molecular complexity index is 660. The van der Waals surface area contributed by atoms with Crippen molar-refractivity contribution in [2.75, 3.05) is 0 Å². The summed E-state index contributed by atoms with van der Waals surface area (Å²) in [5, 5.41) is 0. The molecule has 0 aromatic carbocycles. The minimum absolute atomic E-state index is 0.0603. The van der Waals surface area contributed by atoms with E-state index in [0.29, 0.717) is 30.5 Å². The smallest absolute Gasteiger partial charge is 0.155 e. The molecule has 4 aliphatic carbocycles. The van der Waals surface area contributed by atoms with Gasteiger partial charge < -0.3 is 0 Å². The molecule has 6 unspecified atom stereocenters. The Balaban J connectivity index is 1.74. The Morgan fingerprint density at radius 2 is 1.88 bits per heavy atom. The Kier molecular flexibility index (Phi) is 3.47. The van der Waals surface area contributed by atoms with Gasteiger partial charge in [-0.2, -0.15) is 0 Å². The number of ketones is 3. The maximum Gasteiger partial charge on any atom is 0.155 e. The van der Waals surface area contributed by atoms with Crippen molar-refractivity contribution in [3.8, 4) is 0 Å². The quantitative estimate of drug-likeness (QED) is 0.733. The van der Waals surface area contributed by atoms with E-state index in [2.05, 4.69) is 13.8 Å². The molecule has 4 rings (SSSR count). The summed E-state index contributed by atoms with van der Waals surface area (Å²) in [4.78, 5) is 37.3. The van der Waals surface area contributed by atoms with Crippen molar-refractivity contribution in [3.63, 3.8) is 0 Å². The third kappa shape index (κ3) is 1.99. The third-order valence-electron chi connectivity index (χ3n) is 8.14. The maximum absolute atomic E-state index is 13.3. The second-order valence-electron chi connectivity index (χ2n) is 9.23. The van der Waals surface area contributed by atoms with E-state index in [4.69, 9.17) is 0 Å². The molecule has 3 fully saturated rings. The molecule has 3 nitrogen and oxygen atoms in total. The molecule has 0 aliphatic heterocycles. The molecule has 0 spiro atoms. The Hall–Kier alpha value is -1.25. The van der Waals surface area contributed by atoms with Gasteiger partial charge in [0.25, 0.3) is 0 Å². The van der Waals surface area contributed by atoms with Gasteiger partial charge in [0.15, 0.2) is 5.78 Å². The van der Waals surface area contributed by atoms with E-state index < -0.39 is 0 Å². The average Bonchev–Trinajstić information content (AvgIpc) is 2.84. The zero-order valence-corrected chi connectivity index (χ0v) is 15.1. The fraction of sp³-hybridized carbons (Fsp3) is 0.762. The minimum Gasteiger partial charge on any atom is -0.300 e. The zero-order valence-electron chi connectivity index (χ0n) is 15.1. The number of Topliss-reactive ketones (excluding diaryl/α,β-unsaturated/α-hetero) is 2. The summed E-state index contributed by atoms with van der Waals surface area (Å²) >= 11 is 0. The van der Waals surface area contributed by atoms with Gasteiger partial charge in [0, 0.05) is 24.7 Å². The number of rotatable bonds is 1. The van der Waals surface area contributed by atoms with E-state index in [0.717, 1.165) is 32.1 Å². The molecule has 0 aromatic heterocycles. The van der Waals surface area contributed by atoms with Gasteiger partial charge in [0.2, 0.25) is 0 Å². The van der Waals surface area contributed by atoms with E-state index >= 15 is 0 Å². The lowest BCUT2D eigenvalue weighted by Gasteiger charge is -2.56. The van der Waals surface area contributed by atoms with Crippen LogP contribution in [0.25, 0.3) is 0 Å². The minimum atomic E-state index is -0.133. The SMILES string of the molecule is CC(=O)C1CCC2C3CCC4=CC(=O)CCC4(C)C3C(=O)CC12C. The largest absolute Gasteiger partial charge is 0.300 e. The van der Waals surface area contributed by atoms with E-state index in [1.807, 2.05) is 6.08 Å². The van der Waals surface area contributed by atoms with Crippen molar-refractivity contribution in [1.82, 2.24) is 0 Å². The molecule has 24 heavy (non-hydrogen) atoms. The highest BCUT2D eigenvalue weighted by Crippen LogP contribution is 2.65. The highest BCUT2D eigenvalue weighted by Gasteiger charge is 2.62. The summed E-state index contributed by atoms with van der Waals surface area (Å²) in [7, 11) is 0. The number of allylic oxidation sites excluding steroid dienone is 1.